The second-order valence-electron chi connectivity index (χ2n) is 3.53. The maximum Gasteiger partial charge on any atom is 0.198 e. The summed E-state index contributed by atoms with van der Waals surface area (Å²) in [6, 6.07) is 8.01. The zero-order valence-electron chi connectivity index (χ0n) is 9.65. The fourth-order valence-electron chi connectivity index (χ4n) is 1.45. The average molecular weight is 329 g/mol. The Labute approximate surface area is 118 Å². The molecule has 0 aliphatic carbocycles. The summed E-state index contributed by atoms with van der Waals surface area (Å²) < 4.78 is 6.21. The fourth-order valence-corrected chi connectivity index (χ4v) is 1.92. The normalized spacial score (nSPS) is 10.2. The van der Waals surface area contributed by atoms with Crippen molar-refractivity contribution in [1.82, 2.24) is 9.97 Å². The van der Waals surface area contributed by atoms with Crippen LogP contribution in [0.2, 0.25) is 5.15 Å². The van der Waals surface area contributed by atoms with E-state index >= 15 is 0 Å². The molecule has 1 N–H and O–H groups in total. The Morgan fingerprint density at radius 1 is 1.28 bits per heavy atom. The van der Waals surface area contributed by atoms with Gasteiger partial charge in [-0.15, -0.1) is 0 Å². The Kier molecular flexibility index (Phi) is 4.38. The van der Waals surface area contributed by atoms with E-state index in [0.717, 1.165) is 10.0 Å². The van der Waals surface area contributed by atoms with Crippen LogP contribution in [-0.4, -0.2) is 17.1 Å². The predicted molar refractivity (Wildman–Crippen MR) is 75.1 cm³/mol. The molecule has 1 heterocycles. The third kappa shape index (κ3) is 3.11. The molecule has 0 aliphatic rings. The van der Waals surface area contributed by atoms with Gasteiger partial charge in [0, 0.05) is 11.0 Å². The van der Waals surface area contributed by atoms with Gasteiger partial charge in [-0.25, -0.2) is 9.97 Å². The number of hydrogen-bond donors (Lipinski definition) is 1. The van der Waals surface area contributed by atoms with Crippen LogP contribution in [-0.2, 0) is 6.54 Å². The predicted octanol–water partition coefficient (Wildman–Crippen LogP) is 3.51. The molecule has 6 heteroatoms. The minimum Gasteiger partial charge on any atom is -0.490 e. The van der Waals surface area contributed by atoms with Gasteiger partial charge in [-0.2, -0.15) is 0 Å². The Balaban J connectivity index is 2.10. The molecule has 1 aromatic carbocycles. The van der Waals surface area contributed by atoms with Crippen molar-refractivity contribution in [3.63, 3.8) is 0 Å². The van der Waals surface area contributed by atoms with E-state index < -0.39 is 0 Å². The van der Waals surface area contributed by atoms with Crippen molar-refractivity contribution < 1.29 is 4.74 Å². The van der Waals surface area contributed by atoms with E-state index in [0.29, 0.717) is 23.3 Å². The highest BCUT2D eigenvalue weighted by atomic mass is 79.9. The summed E-state index contributed by atoms with van der Waals surface area (Å²) in [4.78, 5) is 7.96. The lowest BCUT2D eigenvalue weighted by molar-refractivity contribution is 0.413. The minimum absolute atomic E-state index is 0.297. The zero-order valence-corrected chi connectivity index (χ0v) is 12.0. The van der Waals surface area contributed by atoms with Gasteiger partial charge in [-0.3, -0.25) is 0 Å². The lowest BCUT2D eigenvalue weighted by atomic mass is 10.2. The van der Waals surface area contributed by atoms with Crippen LogP contribution in [0, 0.1) is 0 Å². The van der Waals surface area contributed by atoms with Crippen molar-refractivity contribution in [3.05, 3.63) is 45.8 Å². The number of nitrogens with zero attached hydrogens (tertiary/aromatic N) is 2. The monoisotopic (exact) mass is 327 g/mol. The Hall–Kier alpha value is -1.33. The second kappa shape index (κ2) is 6.02. The van der Waals surface area contributed by atoms with E-state index in [2.05, 4.69) is 31.2 Å². The Morgan fingerprint density at radius 3 is 2.67 bits per heavy atom. The standard InChI is InChI=1S/C12H11BrClN3O/c1-18-10-11(14)16-7-17-12(10)15-6-8-2-4-9(13)5-3-8/h2-5,7H,6H2,1H3,(H,15,16,17). The molecule has 0 saturated carbocycles. The van der Waals surface area contributed by atoms with Gasteiger partial charge in [0.15, 0.2) is 16.7 Å². The summed E-state index contributed by atoms with van der Waals surface area (Å²) >= 11 is 9.31. The van der Waals surface area contributed by atoms with Crippen LogP contribution in [0.5, 0.6) is 5.75 Å². The van der Waals surface area contributed by atoms with Crippen LogP contribution in [0.1, 0.15) is 5.56 Å². The first-order valence-electron chi connectivity index (χ1n) is 5.23. The van der Waals surface area contributed by atoms with Crippen LogP contribution in [0.15, 0.2) is 35.1 Å². The average Bonchev–Trinajstić information content (AvgIpc) is 2.38. The molecule has 4 nitrogen and oxygen atoms in total. The van der Waals surface area contributed by atoms with Gasteiger partial charge in [0.1, 0.15) is 6.33 Å². The molecule has 0 saturated heterocycles. The number of rotatable bonds is 4. The summed E-state index contributed by atoms with van der Waals surface area (Å²) in [5, 5.41) is 3.46. The number of hydrogen-bond acceptors (Lipinski definition) is 4. The first kappa shape index (κ1) is 13.1. The molecule has 0 atom stereocenters. The van der Waals surface area contributed by atoms with E-state index in [1.165, 1.54) is 13.4 Å². The highest BCUT2D eigenvalue weighted by Crippen LogP contribution is 2.28. The fraction of sp³-hybridized carbons (Fsp3) is 0.167. The van der Waals surface area contributed by atoms with Crippen LogP contribution in [0.3, 0.4) is 0 Å². The van der Waals surface area contributed by atoms with Crippen molar-refractivity contribution in [2.24, 2.45) is 0 Å². The number of benzene rings is 1. The molecule has 0 fully saturated rings. The quantitative estimate of drug-likeness (QED) is 0.873. The molecule has 0 spiro atoms. The number of nitrogens with one attached hydrogen (secondary N) is 1. The second-order valence-corrected chi connectivity index (χ2v) is 4.80. The third-order valence-electron chi connectivity index (χ3n) is 2.34. The molecule has 0 aliphatic heterocycles. The van der Waals surface area contributed by atoms with Crippen molar-refractivity contribution >= 4 is 33.3 Å². The largest absolute Gasteiger partial charge is 0.490 e. The highest BCUT2D eigenvalue weighted by Gasteiger charge is 2.09. The van der Waals surface area contributed by atoms with Gasteiger partial charge >= 0.3 is 0 Å². The zero-order chi connectivity index (χ0) is 13.0. The molecule has 0 amide bonds. The lowest BCUT2D eigenvalue weighted by Gasteiger charge is -2.10. The minimum atomic E-state index is 0.297. The Morgan fingerprint density at radius 2 is 2.00 bits per heavy atom. The summed E-state index contributed by atoms with van der Waals surface area (Å²) in [5.41, 5.74) is 1.13. The van der Waals surface area contributed by atoms with Gasteiger partial charge < -0.3 is 10.1 Å². The lowest BCUT2D eigenvalue weighted by Crippen LogP contribution is -2.04. The van der Waals surface area contributed by atoms with Crippen LogP contribution in [0.25, 0.3) is 0 Å². The van der Waals surface area contributed by atoms with Crippen LogP contribution < -0.4 is 10.1 Å². The van der Waals surface area contributed by atoms with Gasteiger partial charge in [0.25, 0.3) is 0 Å². The van der Waals surface area contributed by atoms with Gasteiger partial charge in [-0.1, -0.05) is 39.7 Å². The first-order chi connectivity index (χ1) is 8.70. The molecule has 0 radical (unpaired) electrons. The SMILES string of the molecule is COc1c(Cl)ncnc1NCc1ccc(Br)cc1. The molecule has 94 valence electrons. The highest BCUT2D eigenvalue weighted by molar-refractivity contribution is 9.10. The van der Waals surface area contributed by atoms with E-state index in [4.69, 9.17) is 16.3 Å². The summed E-state index contributed by atoms with van der Waals surface area (Å²) in [5.74, 6) is 1.04. The van der Waals surface area contributed by atoms with Crippen molar-refractivity contribution in [1.29, 1.82) is 0 Å². The van der Waals surface area contributed by atoms with Crippen LogP contribution >= 0.6 is 27.5 Å². The number of aromatic nitrogens is 2. The molecule has 2 aromatic rings. The number of anilines is 1. The van der Waals surface area contributed by atoms with E-state index in [1.807, 2.05) is 24.3 Å². The molecular formula is C12H11BrClN3O. The number of ether oxygens (including phenoxy) is 1. The van der Waals surface area contributed by atoms with Gasteiger partial charge in [0.05, 0.1) is 7.11 Å². The summed E-state index contributed by atoms with van der Waals surface area (Å²) in [6.45, 7) is 0.636. The summed E-state index contributed by atoms with van der Waals surface area (Å²) in [7, 11) is 1.54. The maximum absolute atomic E-state index is 5.91. The smallest absolute Gasteiger partial charge is 0.198 e. The van der Waals surface area contributed by atoms with E-state index in [-0.39, 0.29) is 0 Å². The van der Waals surface area contributed by atoms with E-state index in [9.17, 15) is 0 Å². The van der Waals surface area contributed by atoms with Crippen molar-refractivity contribution in [2.75, 3.05) is 12.4 Å². The maximum atomic E-state index is 5.91. The summed E-state index contributed by atoms with van der Waals surface area (Å²) in [6.07, 6.45) is 1.40. The van der Waals surface area contributed by atoms with Gasteiger partial charge in [-0.05, 0) is 17.7 Å². The molecule has 0 unspecified atom stereocenters. The van der Waals surface area contributed by atoms with Crippen molar-refractivity contribution in [3.8, 4) is 5.75 Å². The van der Waals surface area contributed by atoms with Crippen LogP contribution in [0.4, 0.5) is 5.82 Å². The topological polar surface area (TPSA) is 47.0 Å². The molecule has 0 bridgehead atoms. The Bertz CT molecular complexity index is 533. The molecule has 1 aromatic heterocycles. The van der Waals surface area contributed by atoms with Crippen molar-refractivity contribution in [2.45, 2.75) is 6.54 Å². The molecule has 18 heavy (non-hydrogen) atoms. The third-order valence-corrected chi connectivity index (χ3v) is 3.14. The number of methoxy groups -OCH3 is 1. The molecular weight excluding hydrogens is 318 g/mol. The number of halogens is 2. The molecule has 2 rings (SSSR count). The van der Waals surface area contributed by atoms with Gasteiger partial charge in [0.2, 0.25) is 0 Å². The van der Waals surface area contributed by atoms with E-state index in [1.54, 1.807) is 0 Å². The first-order valence-corrected chi connectivity index (χ1v) is 6.40.